The van der Waals surface area contributed by atoms with Gasteiger partial charge in [-0.3, -0.25) is 0 Å². The Morgan fingerprint density at radius 3 is 0.459 bits per heavy atom. The van der Waals surface area contributed by atoms with Crippen molar-refractivity contribution < 1.29 is 0 Å². The van der Waals surface area contributed by atoms with E-state index in [0.717, 1.165) is 23.7 Å². The van der Waals surface area contributed by atoms with E-state index >= 15 is 0 Å². The van der Waals surface area contributed by atoms with Crippen molar-refractivity contribution in [2.24, 2.45) is 23.7 Å². The molecule has 0 heterocycles. The molecule has 0 aliphatic rings. The summed E-state index contributed by atoms with van der Waals surface area (Å²) in [6.45, 7) is 43.7. The van der Waals surface area contributed by atoms with Crippen LogP contribution < -0.4 is 0 Å². The van der Waals surface area contributed by atoms with E-state index in [1.807, 2.05) is 0 Å². The van der Waals surface area contributed by atoms with Crippen molar-refractivity contribution in [2.75, 3.05) is 0 Å². The van der Waals surface area contributed by atoms with Crippen LogP contribution in [0.25, 0.3) is 0 Å². The van der Waals surface area contributed by atoms with Crippen LogP contribution in [0.5, 0.6) is 0 Å². The molecule has 0 nitrogen and oxygen atoms in total. The second-order valence-corrected chi connectivity index (χ2v) is 11.5. The summed E-state index contributed by atoms with van der Waals surface area (Å²) in [5, 5.41) is 0. The second kappa shape index (κ2) is 83.4. The molecule has 0 aromatic heterocycles. The first-order chi connectivity index (χ1) is 16.2. The Labute approximate surface area is 247 Å². The SMILES string of the molecule is C.C.CC(C)C.CC(C)C.CCC.CCC(C)C.CCC(C)C.CCCC.CCCC.CCCCCC. The van der Waals surface area contributed by atoms with Gasteiger partial charge in [0, 0.05) is 0 Å². The van der Waals surface area contributed by atoms with Gasteiger partial charge < -0.3 is 0 Å². The number of hydrogen-bond acceptors (Lipinski definition) is 0. The molecule has 0 aliphatic heterocycles. The third kappa shape index (κ3) is 514. The quantitative estimate of drug-likeness (QED) is 0.283. The molecule has 0 N–H and O–H groups in total. The van der Waals surface area contributed by atoms with Crippen molar-refractivity contribution in [3.05, 3.63) is 0 Å². The zero-order valence-corrected chi connectivity index (χ0v) is 30.1. The largest absolute Gasteiger partial charge is 0.0776 e. The van der Waals surface area contributed by atoms with Crippen LogP contribution in [0.15, 0.2) is 0 Å². The summed E-state index contributed by atoms with van der Waals surface area (Å²) in [5.41, 5.74) is 0. The monoisotopic (exact) mass is 539 g/mol. The van der Waals surface area contributed by atoms with Crippen LogP contribution in [-0.4, -0.2) is 0 Å². The summed E-state index contributed by atoms with van der Waals surface area (Å²) < 4.78 is 0. The van der Waals surface area contributed by atoms with E-state index in [1.165, 1.54) is 70.6 Å². The van der Waals surface area contributed by atoms with Crippen molar-refractivity contribution >= 4 is 0 Å². The molecule has 0 saturated heterocycles. The molecule has 0 bridgehead atoms. The molecule has 0 rings (SSSR count). The molecule has 0 aliphatic carbocycles. The van der Waals surface area contributed by atoms with Crippen LogP contribution in [0.1, 0.15) is 224 Å². The summed E-state index contributed by atoms with van der Waals surface area (Å²) in [4.78, 5) is 0. The Morgan fingerprint density at radius 2 is 0.432 bits per heavy atom. The Balaban J connectivity index is -0.0000000281. The lowest BCUT2D eigenvalue weighted by Gasteiger charge is -1.90. The second-order valence-electron chi connectivity index (χ2n) is 11.5. The Kier molecular flexibility index (Phi) is 148. The zero-order chi connectivity index (χ0) is 30.1. The summed E-state index contributed by atoms with van der Waals surface area (Å²) in [7, 11) is 0. The van der Waals surface area contributed by atoms with Crippen LogP contribution in [-0.2, 0) is 0 Å². The van der Waals surface area contributed by atoms with Gasteiger partial charge in [-0.05, 0) is 23.7 Å². The predicted molar refractivity (Wildman–Crippen MR) is 192 cm³/mol. The first kappa shape index (κ1) is 65.8. The third-order valence-electron chi connectivity index (χ3n) is 3.59. The van der Waals surface area contributed by atoms with Crippen molar-refractivity contribution in [3.63, 3.8) is 0 Å². The molecule has 0 saturated carbocycles. The molecule has 0 radical (unpaired) electrons. The van der Waals surface area contributed by atoms with Crippen LogP contribution >= 0.6 is 0 Å². The maximum Gasteiger partial charge on any atom is -0.0474 e. The highest BCUT2D eigenvalue weighted by Gasteiger charge is 1.80. The fourth-order valence-electron chi connectivity index (χ4n) is 0.500. The smallest absolute Gasteiger partial charge is 0.0474 e. The van der Waals surface area contributed by atoms with Crippen molar-refractivity contribution in [2.45, 2.75) is 224 Å². The van der Waals surface area contributed by atoms with Crippen LogP contribution in [0.4, 0.5) is 0 Å². The topological polar surface area (TPSA) is 0 Å². The highest BCUT2D eigenvalue weighted by molar-refractivity contribution is 4.33. The van der Waals surface area contributed by atoms with E-state index in [2.05, 4.69) is 138 Å². The summed E-state index contributed by atoms with van der Waals surface area (Å²) >= 11 is 0. The van der Waals surface area contributed by atoms with E-state index < -0.39 is 0 Å². The van der Waals surface area contributed by atoms with Gasteiger partial charge in [0.05, 0.1) is 0 Å². The van der Waals surface area contributed by atoms with Gasteiger partial charge in [-0.25, -0.2) is 0 Å². The van der Waals surface area contributed by atoms with E-state index in [0.29, 0.717) is 0 Å². The van der Waals surface area contributed by atoms with Crippen molar-refractivity contribution in [3.8, 4) is 0 Å². The highest BCUT2D eigenvalue weighted by atomic mass is 13.9. The van der Waals surface area contributed by atoms with Crippen LogP contribution in [0.2, 0.25) is 0 Å². The van der Waals surface area contributed by atoms with Crippen molar-refractivity contribution in [1.29, 1.82) is 0 Å². The van der Waals surface area contributed by atoms with E-state index in [-0.39, 0.29) is 14.9 Å². The third-order valence-corrected chi connectivity index (χ3v) is 3.59. The van der Waals surface area contributed by atoms with E-state index in [9.17, 15) is 0 Å². The number of rotatable bonds is 7. The minimum atomic E-state index is 0. The molecular weight excluding hydrogens is 444 g/mol. The molecule has 0 aromatic carbocycles. The Bertz CT molecular complexity index is 169. The van der Waals surface area contributed by atoms with Gasteiger partial charge in [-0.2, -0.15) is 0 Å². The lowest BCUT2D eigenvalue weighted by atomic mass is 10.2. The molecule has 0 amide bonds. The summed E-state index contributed by atoms with van der Waals surface area (Å²) in [6.07, 6.45) is 14.7. The predicted octanol–water partition coefficient (Wildman–Crippen LogP) is 16.3. The molecule has 0 fully saturated rings. The zero-order valence-electron chi connectivity index (χ0n) is 30.1. The molecule has 0 heteroatoms. The first-order valence-corrected chi connectivity index (χ1v) is 16.2. The fraction of sp³-hybridized carbons (Fsp3) is 1.00. The van der Waals surface area contributed by atoms with Gasteiger partial charge in [0.1, 0.15) is 0 Å². The normalized spacial score (nSPS) is 8.11. The summed E-state index contributed by atoms with van der Waals surface area (Å²) in [6, 6.07) is 0. The van der Waals surface area contributed by atoms with E-state index in [1.54, 1.807) is 0 Å². The number of hydrogen-bond donors (Lipinski definition) is 0. The lowest BCUT2D eigenvalue weighted by Crippen LogP contribution is -1.77. The van der Waals surface area contributed by atoms with Gasteiger partial charge in [0.2, 0.25) is 0 Å². The molecule has 242 valence electrons. The minimum absolute atomic E-state index is 0. The average Bonchev–Trinajstić information content (AvgIpc) is 2.78. The lowest BCUT2D eigenvalue weighted by molar-refractivity contribution is 0.626. The molecule has 37 heavy (non-hydrogen) atoms. The number of unbranched alkanes of at least 4 members (excludes halogenated alkanes) is 5. The maximum atomic E-state index is 2.23. The highest BCUT2D eigenvalue weighted by Crippen LogP contribution is 1.95. The Morgan fingerprint density at radius 1 is 0.324 bits per heavy atom. The standard InChI is InChI=1S/C6H14.2C5H12.4C4H10.C3H8.2CH4/c1-3-5-6-4-2;2*1-4-5(2)3;2*1-4(2)3;2*1-3-4-2;1-3-2;;/h3-6H2,1-2H3;2*5H,4H2,1-3H3;2*4H,1-3H3;2*3-4H2,1-2H3;3H2,1-2H3;2*1H4. The van der Waals surface area contributed by atoms with Gasteiger partial charge in [-0.15, -0.1) is 0 Å². The Hall–Kier alpha value is 0. The van der Waals surface area contributed by atoms with Crippen LogP contribution in [0, 0.1) is 23.7 Å². The van der Waals surface area contributed by atoms with Gasteiger partial charge in [-0.1, -0.05) is 224 Å². The van der Waals surface area contributed by atoms with Crippen LogP contribution in [0.3, 0.4) is 0 Å². The van der Waals surface area contributed by atoms with Gasteiger partial charge >= 0.3 is 0 Å². The minimum Gasteiger partial charge on any atom is -0.0776 e. The molecule has 0 spiro atoms. The first-order valence-electron chi connectivity index (χ1n) is 16.2. The maximum absolute atomic E-state index is 2.23. The van der Waals surface area contributed by atoms with Gasteiger partial charge in [0.25, 0.3) is 0 Å². The molecule has 0 aromatic rings. The molecular formula is C37H94. The fourth-order valence-corrected chi connectivity index (χ4v) is 0.500. The average molecular weight is 539 g/mol. The van der Waals surface area contributed by atoms with E-state index in [4.69, 9.17) is 0 Å². The molecule has 0 atom stereocenters. The molecule has 0 unspecified atom stereocenters. The van der Waals surface area contributed by atoms with Crippen molar-refractivity contribution in [1.82, 2.24) is 0 Å². The van der Waals surface area contributed by atoms with Gasteiger partial charge in [0.15, 0.2) is 0 Å². The summed E-state index contributed by atoms with van der Waals surface area (Å²) in [5.74, 6) is 3.44.